The maximum absolute atomic E-state index is 12.1. The Bertz CT molecular complexity index is 1070. The fourth-order valence-electron chi connectivity index (χ4n) is 4.09. The van der Waals surface area contributed by atoms with Gasteiger partial charge >= 0.3 is 6.09 Å². The van der Waals surface area contributed by atoms with Gasteiger partial charge in [0.25, 0.3) is 0 Å². The van der Waals surface area contributed by atoms with E-state index in [1.165, 1.54) is 16.9 Å². The van der Waals surface area contributed by atoms with Gasteiger partial charge in [0, 0.05) is 32.6 Å². The van der Waals surface area contributed by atoms with E-state index in [4.69, 9.17) is 4.74 Å². The zero-order valence-electron chi connectivity index (χ0n) is 19.1. The van der Waals surface area contributed by atoms with Gasteiger partial charge in [0.05, 0.1) is 17.5 Å². The van der Waals surface area contributed by atoms with Crippen LogP contribution in [0.1, 0.15) is 61.5 Å². The normalized spacial score (nSPS) is 16.1. The van der Waals surface area contributed by atoms with Crippen LogP contribution in [0.5, 0.6) is 5.88 Å². The highest BCUT2D eigenvalue weighted by molar-refractivity contribution is 7.17. The second-order valence-corrected chi connectivity index (χ2v) is 9.32. The van der Waals surface area contributed by atoms with E-state index in [1.54, 1.807) is 9.42 Å². The number of aromatic hydroxyl groups is 1. The highest BCUT2D eigenvalue weighted by atomic mass is 32.1. The molecule has 0 radical (unpaired) electrons. The molecule has 172 valence electrons. The van der Waals surface area contributed by atoms with Crippen LogP contribution in [-0.2, 0) is 11.2 Å². The number of thiazole rings is 1. The van der Waals surface area contributed by atoms with Gasteiger partial charge in [0.1, 0.15) is 0 Å². The van der Waals surface area contributed by atoms with E-state index >= 15 is 0 Å². The van der Waals surface area contributed by atoms with Crippen molar-refractivity contribution in [1.82, 2.24) is 24.4 Å². The van der Waals surface area contributed by atoms with Crippen LogP contribution < -0.4 is 0 Å². The average Bonchev–Trinajstić information content (AvgIpc) is 3.34. The predicted molar refractivity (Wildman–Crippen MR) is 124 cm³/mol. The molecule has 0 saturated carbocycles. The lowest BCUT2D eigenvalue weighted by molar-refractivity contribution is 0.0715. The summed E-state index contributed by atoms with van der Waals surface area (Å²) in [5, 5.41) is 15.5. The molecule has 1 aromatic carbocycles. The van der Waals surface area contributed by atoms with Crippen molar-refractivity contribution in [3.8, 4) is 5.88 Å². The number of hydrogen-bond acceptors (Lipinski definition) is 7. The molecule has 1 aliphatic heterocycles. The van der Waals surface area contributed by atoms with Crippen molar-refractivity contribution in [2.45, 2.75) is 46.1 Å². The van der Waals surface area contributed by atoms with Crippen molar-refractivity contribution in [1.29, 1.82) is 0 Å². The number of carbonyl (C=O) groups is 1. The summed E-state index contributed by atoms with van der Waals surface area (Å²) in [5.41, 5.74) is 2.38. The largest absolute Gasteiger partial charge is 0.492 e. The van der Waals surface area contributed by atoms with Crippen molar-refractivity contribution in [2.75, 3.05) is 32.8 Å². The lowest BCUT2D eigenvalue weighted by Gasteiger charge is -2.38. The van der Waals surface area contributed by atoms with Gasteiger partial charge in [-0.2, -0.15) is 4.52 Å². The van der Waals surface area contributed by atoms with E-state index in [0.717, 1.165) is 22.7 Å². The van der Waals surface area contributed by atoms with E-state index in [-0.39, 0.29) is 18.0 Å². The molecule has 1 atom stereocenters. The molecule has 0 bridgehead atoms. The van der Waals surface area contributed by atoms with E-state index in [9.17, 15) is 9.90 Å². The molecule has 1 saturated heterocycles. The van der Waals surface area contributed by atoms with Crippen LogP contribution in [0.15, 0.2) is 24.3 Å². The molecule has 0 aliphatic carbocycles. The minimum atomic E-state index is -0.265. The van der Waals surface area contributed by atoms with Crippen LogP contribution >= 0.6 is 11.3 Å². The minimum Gasteiger partial charge on any atom is -0.492 e. The Morgan fingerprint density at radius 2 is 1.78 bits per heavy atom. The van der Waals surface area contributed by atoms with Crippen molar-refractivity contribution in [3.05, 3.63) is 46.1 Å². The summed E-state index contributed by atoms with van der Waals surface area (Å²) in [7, 11) is 0. The summed E-state index contributed by atoms with van der Waals surface area (Å²) in [6, 6.07) is 8.46. The first-order chi connectivity index (χ1) is 15.4. The average molecular weight is 458 g/mol. The van der Waals surface area contributed by atoms with Crippen molar-refractivity contribution >= 4 is 22.4 Å². The maximum Gasteiger partial charge on any atom is 0.409 e. The fraction of sp³-hybridized carbons (Fsp3) is 0.522. The summed E-state index contributed by atoms with van der Waals surface area (Å²) >= 11 is 1.47. The third kappa shape index (κ3) is 4.31. The van der Waals surface area contributed by atoms with Gasteiger partial charge in [-0.3, -0.25) is 4.90 Å². The summed E-state index contributed by atoms with van der Waals surface area (Å²) < 4.78 is 6.71. The third-order valence-corrected chi connectivity index (χ3v) is 7.00. The van der Waals surface area contributed by atoms with Gasteiger partial charge in [-0.25, -0.2) is 9.78 Å². The van der Waals surface area contributed by atoms with Crippen molar-refractivity contribution in [3.63, 3.8) is 0 Å². The molecule has 8 nitrogen and oxygen atoms in total. The number of amides is 1. The number of rotatable bonds is 6. The molecule has 32 heavy (non-hydrogen) atoms. The second kappa shape index (κ2) is 9.46. The van der Waals surface area contributed by atoms with Crippen LogP contribution in [0.3, 0.4) is 0 Å². The van der Waals surface area contributed by atoms with Gasteiger partial charge in [0.15, 0.2) is 5.82 Å². The van der Waals surface area contributed by atoms with Crippen molar-refractivity contribution < 1.29 is 14.6 Å². The third-order valence-electron chi connectivity index (χ3n) is 5.93. The Morgan fingerprint density at radius 1 is 1.12 bits per heavy atom. The molecular weight excluding hydrogens is 426 g/mol. The Morgan fingerprint density at radius 3 is 2.34 bits per heavy atom. The molecule has 2 aromatic heterocycles. The molecule has 1 fully saturated rings. The number of carbonyl (C=O) groups excluding carboxylic acids is 1. The number of fused-ring (bicyclic) bond motifs is 1. The molecule has 3 heterocycles. The lowest BCUT2D eigenvalue weighted by Crippen LogP contribution is -2.49. The molecular formula is C23H31N5O3S. The Hall–Kier alpha value is -2.65. The van der Waals surface area contributed by atoms with Crippen LogP contribution in [0, 0.1) is 0 Å². The minimum absolute atomic E-state index is 0.140. The zero-order valence-corrected chi connectivity index (χ0v) is 19.9. The van der Waals surface area contributed by atoms with Crippen molar-refractivity contribution in [2.24, 2.45) is 0 Å². The smallest absolute Gasteiger partial charge is 0.409 e. The SMILES string of the molecule is CCOC(=O)N1CCN([C@H](c2ccc(C(C)C)cc2)c2sc3nc(CC)nn3c2O)CC1. The molecule has 4 rings (SSSR count). The first-order valence-corrected chi connectivity index (χ1v) is 12.1. The van der Waals surface area contributed by atoms with E-state index in [2.05, 4.69) is 53.1 Å². The molecule has 1 N–H and O–H groups in total. The first kappa shape index (κ1) is 22.5. The topological polar surface area (TPSA) is 83.2 Å². The Labute approximate surface area is 192 Å². The fourth-order valence-corrected chi connectivity index (χ4v) is 5.22. The first-order valence-electron chi connectivity index (χ1n) is 11.3. The summed E-state index contributed by atoms with van der Waals surface area (Å²) in [6.07, 6.45) is 0.456. The summed E-state index contributed by atoms with van der Waals surface area (Å²) in [6.45, 7) is 11.1. The van der Waals surface area contributed by atoms with E-state index < -0.39 is 0 Å². The number of ether oxygens (including phenoxy) is 1. The number of piperazine rings is 1. The quantitative estimate of drug-likeness (QED) is 0.601. The number of benzene rings is 1. The number of hydrogen-bond donors (Lipinski definition) is 1. The summed E-state index contributed by atoms with van der Waals surface area (Å²) in [5.74, 6) is 1.31. The molecule has 1 amide bonds. The second-order valence-electron chi connectivity index (χ2n) is 8.31. The molecule has 0 unspecified atom stereocenters. The molecule has 0 spiro atoms. The zero-order chi connectivity index (χ0) is 22.8. The molecule has 9 heteroatoms. The predicted octanol–water partition coefficient (Wildman–Crippen LogP) is 4.05. The lowest BCUT2D eigenvalue weighted by atomic mass is 9.97. The summed E-state index contributed by atoms with van der Waals surface area (Å²) in [4.78, 5) is 22.3. The Balaban J connectivity index is 1.67. The van der Waals surface area contributed by atoms with E-state index in [1.807, 2.05) is 13.8 Å². The number of nitrogens with zero attached hydrogens (tertiary/aromatic N) is 5. The van der Waals surface area contributed by atoms with Gasteiger partial charge < -0.3 is 14.7 Å². The van der Waals surface area contributed by atoms with Gasteiger partial charge in [0.2, 0.25) is 10.8 Å². The van der Waals surface area contributed by atoms with Crippen LogP contribution in [0.2, 0.25) is 0 Å². The Kier molecular flexibility index (Phi) is 6.66. The number of aromatic nitrogens is 3. The monoisotopic (exact) mass is 457 g/mol. The van der Waals surface area contributed by atoms with E-state index in [0.29, 0.717) is 43.7 Å². The highest BCUT2D eigenvalue weighted by Gasteiger charge is 2.33. The highest BCUT2D eigenvalue weighted by Crippen LogP contribution is 2.40. The van der Waals surface area contributed by atoms with Crippen LogP contribution in [-0.4, -0.2) is 68.4 Å². The van der Waals surface area contributed by atoms with Crippen LogP contribution in [0.4, 0.5) is 4.79 Å². The maximum atomic E-state index is 12.1. The van der Waals surface area contributed by atoms with Gasteiger partial charge in [-0.15, -0.1) is 5.10 Å². The number of aryl methyl sites for hydroxylation is 1. The molecule has 1 aliphatic rings. The van der Waals surface area contributed by atoms with Gasteiger partial charge in [-0.05, 0) is 24.0 Å². The van der Waals surface area contributed by atoms with Gasteiger partial charge in [-0.1, -0.05) is 56.4 Å². The van der Waals surface area contributed by atoms with Crippen LogP contribution in [0.25, 0.3) is 4.96 Å². The molecule has 3 aromatic rings. The standard InChI is InChI=1S/C23H31N5O3S/c1-5-18-24-22-28(25-18)21(29)20(32-22)19(17-9-7-16(8-10-17)15(3)4)26-11-13-27(14-12-26)23(30)31-6-2/h7-10,15,19,29H,5-6,11-14H2,1-4H3/t19-/m1/s1.